The Balaban J connectivity index is 1.83. The number of terminal acetylenes is 1. The lowest BCUT2D eigenvalue weighted by molar-refractivity contribution is -0.295. The van der Waals surface area contributed by atoms with Gasteiger partial charge in [0.1, 0.15) is 12.1 Å². The highest BCUT2D eigenvalue weighted by molar-refractivity contribution is 6.14. The SMILES string of the molecule is C#Cc1ccc2c(c1)N(c1ncnc3cc(C(=C)C(=O)[O-])ccc13)CC2. The van der Waals surface area contributed by atoms with Gasteiger partial charge in [-0.3, -0.25) is 0 Å². The fourth-order valence-corrected chi connectivity index (χ4v) is 3.25. The van der Waals surface area contributed by atoms with E-state index in [9.17, 15) is 9.90 Å². The fourth-order valence-electron chi connectivity index (χ4n) is 3.25. The standard InChI is InChI=1S/C21H15N3O2/c1-3-14-4-5-15-8-9-24(19(15)10-14)20-17-7-6-16(13(2)21(25)26)11-18(17)22-12-23-20/h1,4-7,10-12H,2,8-9H2,(H,25,26)/p-1. The molecule has 2 heterocycles. The second kappa shape index (κ2) is 6.01. The van der Waals surface area contributed by atoms with E-state index >= 15 is 0 Å². The highest BCUT2D eigenvalue weighted by atomic mass is 16.4. The number of rotatable bonds is 3. The molecule has 4 rings (SSSR count). The number of aliphatic carboxylic acids is 1. The molecule has 0 aliphatic carbocycles. The number of anilines is 2. The Kier molecular flexibility index (Phi) is 3.67. The third-order valence-corrected chi connectivity index (χ3v) is 4.61. The number of benzene rings is 2. The highest BCUT2D eigenvalue weighted by Crippen LogP contribution is 2.37. The van der Waals surface area contributed by atoms with Crippen molar-refractivity contribution < 1.29 is 9.90 Å². The maximum Gasteiger partial charge on any atom is 0.144 e. The van der Waals surface area contributed by atoms with Crippen LogP contribution >= 0.6 is 0 Å². The van der Waals surface area contributed by atoms with Crippen molar-refractivity contribution in [1.29, 1.82) is 0 Å². The van der Waals surface area contributed by atoms with E-state index in [1.165, 1.54) is 11.9 Å². The molecule has 1 aliphatic rings. The van der Waals surface area contributed by atoms with E-state index < -0.39 is 5.97 Å². The Hall–Kier alpha value is -3.65. The third kappa shape index (κ3) is 2.49. The number of carbonyl (C=O) groups excluding carboxylic acids is 1. The van der Waals surface area contributed by atoms with E-state index in [0.717, 1.165) is 35.4 Å². The molecular formula is C21H14N3O2-. The molecule has 0 saturated heterocycles. The van der Waals surface area contributed by atoms with Gasteiger partial charge in [-0.2, -0.15) is 0 Å². The van der Waals surface area contributed by atoms with Crippen molar-refractivity contribution in [2.45, 2.75) is 6.42 Å². The summed E-state index contributed by atoms with van der Waals surface area (Å²) in [4.78, 5) is 21.9. The molecule has 0 amide bonds. The van der Waals surface area contributed by atoms with Gasteiger partial charge in [0, 0.05) is 23.2 Å². The summed E-state index contributed by atoms with van der Waals surface area (Å²) < 4.78 is 0. The number of carboxylic acid groups (broad SMARTS) is 1. The molecule has 0 unspecified atom stereocenters. The van der Waals surface area contributed by atoms with Gasteiger partial charge >= 0.3 is 0 Å². The van der Waals surface area contributed by atoms with Crippen LogP contribution in [0.15, 0.2) is 49.3 Å². The maximum absolute atomic E-state index is 11.0. The Bertz CT molecular complexity index is 1110. The first kappa shape index (κ1) is 15.9. The van der Waals surface area contributed by atoms with Crippen LogP contribution in [-0.2, 0) is 11.2 Å². The minimum atomic E-state index is -1.30. The summed E-state index contributed by atoms with van der Waals surface area (Å²) >= 11 is 0. The minimum absolute atomic E-state index is 0.0720. The smallest absolute Gasteiger partial charge is 0.144 e. The molecule has 2 aromatic carbocycles. The summed E-state index contributed by atoms with van der Waals surface area (Å²) in [5.74, 6) is 2.14. The molecule has 0 bridgehead atoms. The van der Waals surface area contributed by atoms with Crippen LogP contribution in [-0.4, -0.2) is 22.5 Å². The molecule has 0 atom stereocenters. The molecule has 1 aromatic heterocycles. The molecule has 5 nitrogen and oxygen atoms in total. The van der Waals surface area contributed by atoms with Gasteiger partial charge in [0.15, 0.2) is 0 Å². The van der Waals surface area contributed by atoms with Crippen LogP contribution in [0.25, 0.3) is 16.5 Å². The van der Waals surface area contributed by atoms with Gasteiger partial charge in [-0.15, -0.1) is 6.42 Å². The number of nitrogens with zero attached hydrogens (tertiary/aromatic N) is 3. The van der Waals surface area contributed by atoms with Crippen molar-refractivity contribution in [2.24, 2.45) is 0 Å². The quantitative estimate of drug-likeness (QED) is 0.539. The van der Waals surface area contributed by atoms with Crippen molar-refractivity contribution in [3.05, 3.63) is 66.0 Å². The zero-order chi connectivity index (χ0) is 18.3. The first-order valence-electron chi connectivity index (χ1n) is 8.11. The van der Waals surface area contributed by atoms with E-state index in [2.05, 4.69) is 33.4 Å². The molecule has 0 N–H and O–H groups in total. The summed E-state index contributed by atoms with van der Waals surface area (Å²) in [6.45, 7) is 4.34. The first-order valence-corrected chi connectivity index (χ1v) is 8.11. The van der Waals surface area contributed by atoms with E-state index in [1.807, 2.05) is 18.2 Å². The first-order chi connectivity index (χ1) is 12.6. The van der Waals surface area contributed by atoms with Crippen LogP contribution in [0, 0.1) is 12.3 Å². The molecule has 1 aliphatic heterocycles. The number of carbonyl (C=O) groups is 1. The van der Waals surface area contributed by atoms with Crippen LogP contribution in [0.3, 0.4) is 0 Å². The Morgan fingerprint density at radius 1 is 1.23 bits per heavy atom. The molecule has 0 fully saturated rings. The average Bonchev–Trinajstić information content (AvgIpc) is 3.09. The van der Waals surface area contributed by atoms with Crippen LogP contribution < -0.4 is 10.0 Å². The van der Waals surface area contributed by atoms with Crippen molar-refractivity contribution in [2.75, 3.05) is 11.4 Å². The number of hydrogen-bond donors (Lipinski definition) is 0. The van der Waals surface area contributed by atoms with Gasteiger partial charge < -0.3 is 14.8 Å². The van der Waals surface area contributed by atoms with Crippen LogP contribution in [0.4, 0.5) is 11.5 Å². The van der Waals surface area contributed by atoms with Crippen LogP contribution in [0.5, 0.6) is 0 Å². The normalized spacial score (nSPS) is 12.7. The van der Waals surface area contributed by atoms with Crippen molar-refractivity contribution >= 4 is 34.0 Å². The predicted octanol–water partition coefficient (Wildman–Crippen LogP) is 2.07. The molecule has 26 heavy (non-hydrogen) atoms. The van der Waals surface area contributed by atoms with Crippen molar-refractivity contribution in [3.8, 4) is 12.3 Å². The molecule has 126 valence electrons. The second-order valence-electron chi connectivity index (χ2n) is 6.08. The molecule has 3 aromatic rings. The number of fused-ring (bicyclic) bond motifs is 2. The molecule has 0 radical (unpaired) electrons. The predicted molar refractivity (Wildman–Crippen MR) is 98.7 cm³/mol. The van der Waals surface area contributed by atoms with Gasteiger partial charge in [-0.1, -0.05) is 24.6 Å². The lowest BCUT2D eigenvalue weighted by Gasteiger charge is -2.20. The van der Waals surface area contributed by atoms with Crippen LogP contribution in [0.1, 0.15) is 16.7 Å². The lowest BCUT2D eigenvalue weighted by Crippen LogP contribution is -2.23. The number of aromatic nitrogens is 2. The minimum Gasteiger partial charge on any atom is -0.545 e. The lowest BCUT2D eigenvalue weighted by atomic mass is 10.1. The van der Waals surface area contributed by atoms with Crippen molar-refractivity contribution in [3.63, 3.8) is 0 Å². The molecular weight excluding hydrogens is 326 g/mol. The van der Waals surface area contributed by atoms with Gasteiger partial charge in [-0.05, 0) is 47.4 Å². The summed E-state index contributed by atoms with van der Waals surface area (Å²) in [6, 6.07) is 11.2. The van der Waals surface area contributed by atoms with E-state index in [4.69, 9.17) is 6.42 Å². The second-order valence-corrected chi connectivity index (χ2v) is 6.08. The van der Waals surface area contributed by atoms with Gasteiger partial charge in [0.25, 0.3) is 0 Å². The summed E-state index contributed by atoms with van der Waals surface area (Å²) in [6.07, 6.45) is 7.92. The molecule has 0 spiro atoms. The highest BCUT2D eigenvalue weighted by Gasteiger charge is 2.23. The third-order valence-electron chi connectivity index (χ3n) is 4.61. The van der Waals surface area contributed by atoms with E-state index in [-0.39, 0.29) is 5.57 Å². The van der Waals surface area contributed by atoms with Crippen LogP contribution in [0.2, 0.25) is 0 Å². The Morgan fingerprint density at radius 3 is 2.85 bits per heavy atom. The Labute approximate surface area is 150 Å². The maximum atomic E-state index is 11.0. The van der Waals surface area contributed by atoms with E-state index in [1.54, 1.807) is 12.1 Å². The summed E-state index contributed by atoms with van der Waals surface area (Å²) in [5.41, 5.74) is 4.13. The zero-order valence-corrected chi connectivity index (χ0v) is 13.9. The fraction of sp³-hybridized carbons (Fsp3) is 0.0952. The van der Waals surface area contributed by atoms with Gasteiger partial charge in [-0.25, -0.2) is 9.97 Å². The number of carboxylic acids is 1. The van der Waals surface area contributed by atoms with Gasteiger partial charge in [0.2, 0.25) is 0 Å². The zero-order valence-electron chi connectivity index (χ0n) is 13.9. The monoisotopic (exact) mass is 340 g/mol. The van der Waals surface area contributed by atoms with Crippen molar-refractivity contribution in [1.82, 2.24) is 9.97 Å². The van der Waals surface area contributed by atoms with Gasteiger partial charge in [0.05, 0.1) is 11.5 Å². The van der Waals surface area contributed by atoms with E-state index in [0.29, 0.717) is 11.1 Å². The molecule has 5 heteroatoms. The topological polar surface area (TPSA) is 69.2 Å². The molecule has 0 saturated carbocycles. The summed E-state index contributed by atoms with van der Waals surface area (Å²) in [5, 5.41) is 11.9. The number of hydrogen-bond acceptors (Lipinski definition) is 5. The summed E-state index contributed by atoms with van der Waals surface area (Å²) in [7, 11) is 0. The average molecular weight is 340 g/mol. The largest absolute Gasteiger partial charge is 0.545 e. The Morgan fingerprint density at radius 2 is 2.08 bits per heavy atom.